The van der Waals surface area contributed by atoms with Gasteiger partial charge in [0.05, 0.1) is 12.8 Å². The lowest BCUT2D eigenvalue weighted by atomic mass is 10.3. The van der Waals surface area contributed by atoms with Gasteiger partial charge in [-0.05, 0) is 26.0 Å². The van der Waals surface area contributed by atoms with Crippen LogP contribution in [0.3, 0.4) is 0 Å². The van der Waals surface area contributed by atoms with Crippen molar-refractivity contribution in [3.8, 4) is 0 Å². The van der Waals surface area contributed by atoms with Gasteiger partial charge in [0.1, 0.15) is 23.2 Å². The maximum atomic E-state index is 5.39. The van der Waals surface area contributed by atoms with E-state index in [2.05, 4.69) is 20.7 Å². The largest absolute Gasteiger partial charge is 0.467 e. The molecule has 0 saturated carbocycles. The Hall–Kier alpha value is -2.08. The topological polar surface area (TPSA) is 89.0 Å². The molecule has 0 radical (unpaired) electrons. The molecule has 0 unspecified atom stereocenters. The van der Waals surface area contributed by atoms with Crippen LogP contribution in [0.15, 0.2) is 22.8 Å². The minimum atomic E-state index is 0.578. The number of nitrogens with two attached hydrogens (primary N) is 1. The first-order valence-corrected chi connectivity index (χ1v) is 5.29. The van der Waals surface area contributed by atoms with Gasteiger partial charge in [-0.3, -0.25) is 0 Å². The van der Waals surface area contributed by atoms with Crippen LogP contribution in [0.1, 0.15) is 17.1 Å². The summed E-state index contributed by atoms with van der Waals surface area (Å²) in [5.74, 6) is 8.28. The molecule has 0 bridgehead atoms. The molecule has 90 valence electrons. The van der Waals surface area contributed by atoms with Crippen molar-refractivity contribution in [3.05, 3.63) is 35.5 Å². The van der Waals surface area contributed by atoms with Gasteiger partial charge in [-0.2, -0.15) is 0 Å². The Labute approximate surface area is 99.2 Å². The number of nitrogens with one attached hydrogen (secondary N) is 2. The number of aromatic nitrogens is 2. The monoisotopic (exact) mass is 233 g/mol. The Morgan fingerprint density at radius 1 is 1.29 bits per heavy atom. The van der Waals surface area contributed by atoms with Crippen molar-refractivity contribution in [2.45, 2.75) is 20.4 Å². The standard InChI is InChI=1S/C11H15N5O/c1-7-10(13-6-9-4-3-5-17-9)14-8(2)15-11(7)16-12/h3-5H,6,12H2,1-2H3,(H2,13,14,15,16). The summed E-state index contributed by atoms with van der Waals surface area (Å²) in [6.45, 7) is 4.30. The van der Waals surface area contributed by atoms with Crippen LogP contribution in [-0.4, -0.2) is 9.97 Å². The summed E-state index contributed by atoms with van der Waals surface area (Å²) >= 11 is 0. The summed E-state index contributed by atoms with van der Waals surface area (Å²) < 4.78 is 5.24. The Balaban J connectivity index is 2.17. The second-order valence-electron chi connectivity index (χ2n) is 3.67. The van der Waals surface area contributed by atoms with Crippen LogP contribution in [0.25, 0.3) is 0 Å². The molecule has 0 aliphatic carbocycles. The third-order valence-corrected chi connectivity index (χ3v) is 2.40. The normalized spacial score (nSPS) is 10.3. The number of rotatable bonds is 4. The Morgan fingerprint density at radius 2 is 2.06 bits per heavy atom. The number of aryl methyl sites for hydroxylation is 1. The zero-order chi connectivity index (χ0) is 12.3. The second-order valence-corrected chi connectivity index (χ2v) is 3.67. The Kier molecular flexibility index (Phi) is 3.24. The maximum absolute atomic E-state index is 5.39. The van der Waals surface area contributed by atoms with Crippen molar-refractivity contribution in [2.24, 2.45) is 5.84 Å². The fourth-order valence-corrected chi connectivity index (χ4v) is 1.53. The highest BCUT2D eigenvalue weighted by molar-refractivity contribution is 5.56. The highest BCUT2D eigenvalue weighted by Gasteiger charge is 2.08. The number of hydrogen-bond acceptors (Lipinski definition) is 6. The van der Waals surface area contributed by atoms with Crippen molar-refractivity contribution in [1.82, 2.24) is 9.97 Å². The minimum absolute atomic E-state index is 0.578. The van der Waals surface area contributed by atoms with Gasteiger partial charge in [0.25, 0.3) is 0 Å². The lowest BCUT2D eigenvalue weighted by Gasteiger charge is -2.11. The quantitative estimate of drug-likeness (QED) is 0.549. The van der Waals surface area contributed by atoms with Crippen molar-refractivity contribution >= 4 is 11.6 Å². The predicted octanol–water partition coefficient (Wildman–Crippen LogP) is 1.58. The van der Waals surface area contributed by atoms with E-state index < -0.39 is 0 Å². The van der Waals surface area contributed by atoms with Gasteiger partial charge in [0.2, 0.25) is 0 Å². The summed E-state index contributed by atoms with van der Waals surface area (Å²) in [5.41, 5.74) is 3.43. The van der Waals surface area contributed by atoms with Crippen molar-refractivity contribution < 1.29 is 4.42 Å². The zero-order valence-electron chi connectivity index (χ0n) is 9.82. The molecule has 2 aromatic rings. The second kappa shape index (κ2) is 4.84. The number of furan rings is 1. The molecule has 2 rings (SSSR count). The molecule has 0 saturated heterocycles. The third kappa shape index (κ3) is 2.54. The molecular weight excluding hydrogens is 218 g/mol. The highest BCUT2D eigenvalue weighted by Crippen LogP contribution is 2.19. The molecule has 2 heterocycles. The molecule has 0 aliphatic heterocycles. The minimum Gasteiger partial charge on any atom is -0.467 e. The fraction of sp³-hybridized carbons (Fsp3) is 0.273. The molecule has 0 spiro atoms. The Morgan fingerprint density at radius 3 is 2.71 bits per heavy atom. The number of nitrogen functional groups attached to an aromatic ring is 1. The molecule has 6 nitrogen and oxygen atoms in total. The molecule has 0 aromatic carbocycles. The third-order valence-electron chi connectivity index (χ3n) is 2.40. The average Bonchev–Trinajstić information content (AvgIpc) is 2.82. The van der Waals surface area contributed by atoms with Crippen LogP contribution in [0.4, 0.5) is 11.6 Å². The van der Waals surface area contributed by atoms with E-state index in [1.807, 2.05) is 26.0 Å². The summed E-state index contributed by atoms with van der Waals surface area (Å²) in [5, 5.41) is 3.19. The van der Waals surface area contributed by atoms with Crippen LogP contribution in [0.2, 0.25) is 0 Å². The van der Waals surface area contributed by atoms with Crippen LogP contribution < -0.4 is 16.6 Å². The number of hydrogen-bond donors (Lipinski definition) is 3. The Bertz CT molecular complexity index is 495. The molecule has 0 amide bonds. The van der Waals surface area contributed by atoms with Crippen LogP contribution in [0, 0.1) is 13.8 Å². The lowest BCUT2D eigenvalue weighted by Crippen LogP contribution is -2.14. The summed E-state index contributed by atoms with van der Waals surface area (Å²) in [6.07, 6.45) is 1.64. The van der Waals surface area contributed by atoms with Gasteiger partial charge in [-0.25, -0.2) is 15.8 Å². The average molecular weight is 233 g/mol. The van der Waals surface area contributed by atoms with E-state index in [0.29, 0.717) is 18.2 Å². The van der Waals surface area contributed by atoms with Gasteiger partial charge in [-0.15, -0.1) is 0 Å². The van der Waals surface area contributed by atoms with Gasteiger partial charge < -0.3 is 15.2 Å². The highest BCUT2D eigenvalue weighted by atomic mass is 16.3. The van der Waals surface area contributed by atoms with E-state index in [-0.39, 0.29) is 0 Å². The van der Waals surface area contributed by atoms with E-state index in [4.69, 9.17) is 10.3 Å². The molecule has 0 fully saturated rings. The molecule has 4 N–H and O–H groups in total. The van der Waals surface area contributed by atoms with Crippen molar-refractivity contribution in [2.75, 3.05) is 10.7 Å². The molecule has 0 aliphatic rings. The van der Waals surface area contributed by atoms with Crippen LogP contribution in [-0.2, 0) is 6.54 Å². The molecule has 17 heavy (non-hydrogen) atoms. The van der Waals surface area contributed by atoms with Crippen molar-refractivity contribution in [1.29, 1.82) is 0 Å². The van der Waals surface area contributed by atoms with E-state index >= 15 is 0 Å². The summed E-state index contributed by atoms with van der Waals surface area (Å²) in [4.78, 5) is 8.51. The van der Waals surface area contributed by atoms with Crippen molar-refractivity contribution in [3.63, 3.8) is 0 Å². The molecule has 0 atom stereocenters. The summed E-state index contributed by atoms with van der Waals surface area (Å²) in [6, 6.07) is 3.75. The molecule has 6 heteroatoms. The number of anilines is 2. The van der Waals surface area contributed by atoms with Gasteiger partial charge >= 0.3 is 0 Å². The van der Waals surface area contributed by atoms with Crippen LogP contribution >= 0.6 is 0 Å². The maximum Gasteiger partial charge on any atom is 0.148 e. The lowest BCUT2D eigenvalue weighted by molar-refractivity contribution is 0.517. The van der Waals surface area contributed by atoms with E-state index in [0.717, 1.165) is 17.1 Å². The SMILES string of the molecule is Cc1nc(NN)c(C)c(NCc2ccco2)n1. The van der Waals surface area contributed by atoms with Gasteiger partial charge in [0, 0.05) is 5.56 Å². The number of nitrogens with zero attached hydrogens (tertiary/aromatic N) is 2. The fourth-order valence-electron chi connectivity index (χ4n) is 1.53. The van der Waals surface area contributed by atoms with Gasteiger partial charge in [-0.1, -0.05) is 0 Å². The first kappa shape index (κ1) is 11.4. The van der Waals surface area contributed by atoms with Gasteiger partial charge in [0.15, 0.2) is 0 Å². The number of hydrazine groups is 1. The smallest absolute Gasteiger partial charge is 0.148 e. The first-order chi connectivity index (χ1) is 8.20. The van der Waals surface area contributed by atoms with Crippen LogP contribution in [0.5, 0.6) is 0 Å². The van der Waals surface area contributed by atoms with E-state index in [9.17, 15) is 0 Å². The first-order valence-electron chi connectivity index (χ1n) is 5.29. The molecule has 2 aromatic heterocycles. The molecular formula is C11H15N5O. The van der Waals surface area contributed by atoms with E-state index in [1.54, 1.807) is 6.26 Å². The zero-order valence-corrected chi connectivity index (χ0v) is 9.82. The van der Waals surface area contributed by atoms with E-state index in [1.165, 1.54) is 0 Å². The predicted molar refractivity (Wildman–Crippen MR) is 65.4 cm³/mol. The summed E-state index contributed by atoms with van der Waals surface area (Å²) in [7, 11) is 0.